The van der Waals surface area contributed by atoms with Crippen molar-refractivity contribution in [1.82, 2.24) is 5.32 Å². The molecule has 1 rings (SSSR count). The lowest BCUT2D eigenvalue weighted by Gasteiger charge is -2.16. The number of benzene rings is 1. The largest absolute Gasteiger partial charge is 0.399 e. The molecular formula is C14H22N2O. The molecule has 0 aliphatic carbocycles. The monoisotopic (exact) mass is 234 g/mol. The van der Waals surface area contributed by atoms with Crippen LogP contribution in [0, 0.1) is 12.8 Å². The minimum atomic E-state index is -0.0179. The van der Waals surface area contributed by atoms with Crippen molar-refractivity contribution in [2.24, 2.45) is 5.92 Å². The first-order valence-electron chi connectivity index (χ1n) is 6.07. The number of carbonyl (C=O) groups is 1. The quantitative estimate of drug-likeness (QED) is 0.787. The van der Waals surface area contributed by atoms with Gasteiger partial charge in [0.05, 0.1) is 0 Å². The van der Waals surface area contributed by atoms with Crippen molar-refractivity contribution in [3.8, 4) is 0 Å². The zero-order valence-electron chi connectivity index (χ0n) is 11.1. The maximum atomic E-state index is 12.0. The molecule has 0 saturated heterocycles. The molecule has 94 valence electrons. The Morgan fingerprint density at radius 2 is 2.00 bits per heavy atom. The van der Waals surface area contributed by atoms with Crippen LogP contribution in [0.3, 0.4) is 0 Å². The fraction of sp³-hybridized carbons (Fsp3) is 0.500. The Labute approximate surface area is 103 Å². The highest BCUT2D eigenvalue weighted by molar-refractivity contribution is 5.96. The van der Waals surface area contributed by atoms with Gasteiger partial charge < -0.3 is 11.1 Å². The van der Waals surface area contributed by atoms with E-state index in [1.165, 1.54) is 0 Å². The van der Waals surface area contributed by atoms with Crippen molar-refractivity contribution < 1.29 is 4.79 Å². The average molecular weight is 234 g/mol. The molecule has 0 spiro atoms. The van der Waals surface area contributed by atoms with Crippen LogP contribution in [0.5, 0.6) is 0 Å². The van der Waals surface area contributed by atoms with Crippen molar-refractivity contribution in [2.45, 2.75) is 40.2 Å². The Morgan fingerprint density at radius 3 is 2.53 bits per heavy atom. The first-order chi connectivity index (χ1) is 7.90. The number of hydrogen-bond acceptors (Lipinski definition) is 2. The van der Waals surface area contributed by atoms with E-state index in [1.807, 2.05) is 19.9 Å². The highest BCUT2D eigenvalue weighted by atomic mass is 16.1. The van der Waals surface area contributed by atoms with Gasteiger partial charge in [-0.1, -0.05) is 13.8 Å². The van der Waals surface area contributed by atoms with E-state index in [0.717, 1.165) is 12.0 Å². The number of nitrogens with one attached hydrogen (secondary N) is 1. The highest BCUT2D eigenvalue weighted by Crippen LogP contribution is 2.13. The molecule has 3 N–H and O–H groups in total. The van der Waals surface area contributed by atoms with Crippen LogP contribution < -0.4 is 11.1 Å². The fourth-order valence-corrected chi connectivity index (χ4v) is 2.01. The number of carbonyl (C=O) groups excluding carboxylic acids is 1. The SMILES string of the molecule is Cc1cc(N)ccc1C(=O)NC(C)CC(C)C. The predicted molar refractivity (Wildman–Crippen MR) is 72.0 cm³/mol. The Balaban J connectivity index is 2.70. The summed E-state index contributed by atoms with van der Waals surface area (Å²) in [7, 11) is 0. The zero-order valence-corrected chi connectivity index (χ0v) is 11.1. The summed E-state index contributed by atoms with van der Waals surface area (Å²) in [6.07, 6.45) is 0.986. The van der Waals surface area contributed by atoms with Gasteiger partial charge in [0.1, 0.15) is 0 Å². The molecule has 0 heterocycles. The highest BCUT2D eigenvalue weighted by Gasteiger charge is 2.12. The third-order valence-electron chi connectivity index (χ3n) is 2.70. The zero-order chi connectivity index (χ0) is 13.0. The van der Waals surface area contributed by atoms with E-state index in [1.54, 1.807) is 12.1 Å². The number of anilines is 1. The molecule has 1 atom stereocenters. The number of aryl methyl sites for hydroxylation is 1. The number of hydrogen-bond donors (Lipinski definition) is 2. The number of nitrogens with two attached hydrogens (primary N) is 1. The number of amides is 1. The molecule has 1 aromatic carbocycles. The summed E-state index contributed by atoms with van der Waals surface area (Å²) in [5, 5.41) is 3.01. The summed E-state index contributed by atoms with van der Waals surface area (Å²) in [5.74, 6) is 0.563. The van der Waals surface area contributed by atoms with Gasteiger partial charge in [-0.2, -0.15) is 0 Å². The smallest absolute Gasteiger partial charge is 0.251 e. The lowest BCUT2D eigenvalue weighted by atomic mass is 10.0. The molecule has 0 aromatic heterocycles. The minimum Gasteiger partial charge on any atom is -0.399 e. The van der Waals surface area contributed by atoms with Crippen molar-refractivity contribution in [1.29, 1.82) is 0 Å². The Kier molecular flexibility index (Phi) is 4.55. The Morgan fingerprint density at radius 1 is 1.35 bits per heavy atom. The van der Waals surface area contributed by atoms with E-state index in [0.29, 0.717) is 17.2 Å². The maximum absolute atomic E-state index is 12.0. The van der Waals surface area contributed by atoms with Crippen LogP contribution in [0.1, 0.15) is 43.1 Å². The van der Waals surface area contributed by atoms with Gasteiger partial charge in [0, 0.05) is 17.3 Å². The molecule has 17 heavy (non-hydrogen) atoms. The number of rotatable bonds is 4. The van der Waals surface area contributed by atoms with Gasteiger partial charge in [-0.05, 0) is 49.9 Å². The molecule has 1 amide bonds. The van der Waals surface area contributed by atoms with Crippen LogP contribution in [0.4, 0.5) is 5.69 Å². The van der Waals surface area contributed by atoms with Gasteiger partial charge in [-0.3, -0.25) is 4.79 Å². The summed E-state index contributed by atoms with van der Waals surface area (Å²) in [6, 6.07) is 5.55. The molecule has 0 radical (unpaired) electrons. The van der Waals surface area contributed by atoms with E-state index in [2.05, 4.69) is 19.2 Å². The van der Waals surface area contributed by atoms with E-state index in [4.69, 9.17) is 5.73 Å². The minimum absolute atomic E-state index is 0.0179. The molecule has 0 aliphatic heterocycles. The lowest BCUT2D eigenvalue weighted by molar-refractivity contribution is 0.0935. The molecule has 3 nitrogen and oxygen atoms in total. The first-order valence-corrected chi connectivity index (χ1v) is 6.07. The van der Waals surface area contributed by atoms with Crippen molar-refractivity contribution in [3.05, 3.63) is 29.3 Å². The normalized spacial score (nSPS) is 12.5. The van der Waals surface area contributed by atoms with Gasteiger partial charge in [0.2, 0.25) is 0 Å². The predicted octanol–water partition coefficient (Wildman–Crippen LogP) is 2.74. The van der Waals surface area contributed by atoms with Crippen LogP contribution in [0.2, 0.25) is 0 Å². The molecule has 1 aromatic rings. The Hall–Kier alpha value is -1.51. The third kappa shape index (κ3) is 4.10. The topological polar surface area (TPSA) is 55.1 Å². The second kappa shape index (κ2) is 5.71. The Bertz CT molecular complexity index is 399. The van der Waals surface area contributed by atoms with Gasteiger partial charge in [-0.15, -0.1) is 0 Å². The third-order valence-corrected chi connectivity index (χ3v) is 2.70. The standard InChI is InChI=1S/C14H22N2O/c1-9(2)7-11(4)16-14(17)13-6-5-12(15)8-10(13)3/h5-6,8-9,11H,7,15H2,1-4H3,(H,16,17). The van der Waals surface area contributed by atoms with Crippen molar-refractivity contribution in [3.63, 3.8) is 0 Å². The summed E-state index contributed by atoms with van der Waals surface area (Å²) in [6.45, 7) is 8.23. The van der Waals surface area contributed by atoms with E-state index in [-0.39, 0.29) is 11.9 Å². The van der Waals surface area contributed by atoms with Crippen LogP contribution >= 0.6 is 0 Å². The molecule has 0 aliphatic rings. The summed E-state index contributed by atoms with van der Waals surface area (Å²) in [5.41, 5.74) is 7.97. The lowest BCUT2D eigenvalue weighted by Crippen LogP contribution is -2.33. The van der Waals surface area contributed by atoms with Crippen LogP contribution in [-0.2, 0) is 0 Å². The molecule has 0 fully saturated rings. The maximum Gasteiger partial charge on any atom is 0.251 e. The van der Waals surface area contributed by atoms with E-state index in [9.17, 15) is 4.79 Å². The van der Waals surface area contributed by atoms with Gasteiger partial charge in [0.25, 0.3) is 5.91 Å². The molecule has 0 saturated carbocycles. The number of nitrogen functional groups attached to an aromatic ring is 1. The summed E-state index contributed by atoms with van der Waals surface area (Å²) < 4.78 is 0. The second-order valence-electron chi connectivity index (χ2n) is 5.08. The average Bonchev–Trinajstić information content (AvgIpc) is 2.15. The van der Waals surface area contributed by atoms with E-state index < -0.39 is 0 Å². The molecular weight excluding hydrogens is 212 g/mol. The molecule has 0 bridgehead atoms. The first kappa shape index (κ1) is 13.6. The van der Waals surface area contributed by atoms with Gasteiger partial charge in [0.15, 0.2) is 0 Å². The van der Waals surface area contributed by atoms with Crippen molar-refractivity contribution >= 4 is 11.6 Å². The van der Waals surface area contributed by atoms with Crippen molar-refractivity contribution in [2.75, 3.05) is 5.73 Å². The van der Waals surface area contributed by atoms with Gasteiger partial charge in [-0.25, -0.2) is 0 Å². The molecule has 3 heteroatoms. The molecule has 1 unspecified atom stereocenters. The summed E-state index contributed by atoms with van der Waals surface area (Å²) in [4.78, 5) is 12.0. The van der Waals surface area contributed by atoms with Crippen LogP contribution in [-0.4, -0.2) is 11.9 Å². The van der Waals surface area contributed by atoms with Crippen LogP contribution in [0.15, 0.2) is 18.2 Å². The second-order valence-corrected chi connectivity index (χ2v) is 5.08. The summed E-state index contributed by atoms with van der Waals surface area (Å²) >= 11 is 0. The van der Waals surface area contributed by atoms with Crippen LogP contribution in [0.25, 0.3) is 0 Å². The fourth-order valence-electron chi connectivity index (χ4n) is 2.01. The van der Waals surface area contributed by atoms with Gasteiger partial charge >= 0.3 is 0 Å². The van der Waals surface area contributed by atoms with E-state index >= 15 is 0 Å².